The van der Waals surface area contributed by atoms with E-state index in [1.807, 2.05) is 36.4 Å². The maximum atomic E-state index is 6.41. The highest BCUT2D eigenvalue weighted by molar-refractivity contribution is 6.34. The van der Waals surface area contributed by atoms with Gasteiger partial charge in [-0.2, -0.15) is 0 Å². The fourth-order valence-corrected chi connectivity index (χ4v) is 4.74. The van der Waals surface area contributed by atoms with E-state index < -0.39 is 0 Å². The van der Waals surface area contributed by atoms with Gasteiger partial charge in [-0.15, -0.1) is 0 Å². The Bertz CT molecular complexity index is 907. The molecule has 3 aliphatic rings. The molecule has 0 radical (unpaired) electrons. The minimum atomic E-state index is 0.0496. The Hall–Kier alpha value is -2.04. The van der Waals surface area contributed by atoms with Crippen molar-refractivity contribution in [1.82, 2.24) is 0 Å². The van der Waals surface area contributed by atoms with E-state index in [4.69, 9.17) is 42.7 Å². The van der Waals surface area contributed by atoms with Gasteiger partial charge in [-0.25, -0.2) is 9.98 Å². The zero-order valence-corrected chi connectivity index (χ0v) is 16.8. The van der Waals surface area contributed by atoms with E-state index in [0.29, 0.717) is 35.1 Å². The summed E-state index contributed by atoms with van der Waals surface area (Å²) in [6.45, 7) is 1.04. The molecule has 0 saturated heterocycles. The van der Waals surface area contributed by atoms with Crippen molar-refractivity contribution >= 4 is 35.0 Å². The highest BCUT2D eigenvalue weighted by atomic mass is 35.5. The summed E-state index contributed by atoms with van der Waals surface area (Å²) in [6, 6.07) is 11.8. The van der Waals surface area contributed by atoms with E-state index in [9.17, 15) is 0 Å². The van der Waals surface area contributed by atoms with Gasteiger partial charge in [-0.05, 0) is 25.0 Å². The standard InChI is InChI=1S/C22H20Cl2N2O2/c23-15-7-3-5-13-11-27-21(19(13)15)25-17-9-1-2-10-18(17)26-22-20-14(12-28-22)6-4-8-16(20)24/h3-8,17-18H,1-2,9-12H2/b25-21-,26-22-/t17-,18-/m1/s1. The molecule has 1 aliphatic carbocycles. The molecule has 6 heteroatoms. The summed E-state index contributed by atoms with van der Waals surface area (Å²) < 4.78 is 11.7. The van der Waals surface area contributed by atoms with Crippen molar-refractivity contribution in [2.24, 2.45) is 9.98 Å². The van der Waals surface area contributed by atoms with Crippen LogP contribution in [-0.2, 0) is 22.7 Å². The molecular formula is C22H20Cl2N2O2. The van der Waals surface area contributed by atoms with Gasteiger partial charge in [0.2, 0.25) is 11.8 Å². The lowest BCUT2D eigenvalue weighted by Crippen LogP contribution is -2.29. The lowest BCUT2D eigenvalue weighted by atomic mass is 9.91. The second kappa shape index (κ2) is 7.41. The Morgan fingerprint density at radius 3 is 1.64 bits per heavy atom. The van der Waals surface area contributed by atoms with Crippen molar-refractivity contribution in [3.63, 3.8) is 0 Å². The van der Waals surface area contributed by atoms with Gasteiger partial charge < -0.3 is 9.47 Å². The van der Waals surface area contributed by atoms with Crippen LogP contribution in [0.4, 0.5) is 0 Å². The van der Waals surface area contributed by atoms with Crippen molar-refractivity contribution in [2.75, 3.05) is 0 Å². The van der Waals surface area contributed by atoms with Gasteiger partial charge in [0.1, 0.15) is 13.2 Å². The minimum Gasteiger partial charge on any atom is -0.473 e. The smallest absolute Gasteiger partial charge is 0.218 e. The quantitative estimate of drug-likeness (QED) is 0.645. The van der Waals surface area contributed by atoms with Crippen LogP contribution < -0.4 is 0 Å². The first kappa shape index (κ1) is 18.0. The number of hydrogen-bond donors (Lipinski definition) is 0. The van der Waals surface area contributed by atoms with Crippen LogP contribution >= 0.6 is 23.2 Å². The summed E-state index contributed by atoms with van der Waals surface area (Å²) in [5.74, 6) is 1.28. The number of ether oxygens (including phenoxy) is 2. The molecule has 0 N–H and O–H groups in total. The van der Waals surface area contributed by atoms with Crippen LogP contribution in [0, 0.1) is 0 Å². The molecule has 2 aromatic carbocycles. The van der Waals surface area contributed by atoms with Gasteiger partial charge in [0.05, 0.1) is 33.3 Å². The molecule has 0 bridgehead atoms. The van der Waals surface area contributed by atoms with Crippen molar-refractivity contribution in [3.05, 3.63) is 68.7 Å². The van der Waals surface area contributed by atoms with E-state index >= 15 is 0 Å². The highest BCUT2D eigenvalue weighted by Crippen LogP contribution is 2.33. The number of benzene rings is 2. The van der Waals surface area contributed by atoms with Crippen LogP contribution in [0.1, 0.15) is 47.9 Å². The summed E-state index contributed by atoms with van der Waals surface area (Å²) in [4.78, 5) is 9.91. The van der Waals surface area contributed by atoms with E-state index in [2.05, 4.69) is 0 Å². The number of rotatable bonds is 2. The van der Waals surface area contributed by atoms with Gasteiger partial charge in [-0.1, -0.05) is 60.3 Å². The number of aliphatic imine (C=N–C) groups is 2. The molecule has 2 aromatic rings. The predicted molar refractivity (Wildman–Crippen MR) is 112 cm³/mol. The minimum absolute atomic E-state index is 0.0496. The van der Waals surface area contributed by atoms with E-state index in [-0.39, 0.29) is 12.1 Å². The van der Waals surface area contributed by atoms with Crippen molar-refractivity contribution in [2.45, 2.75) is 51.0 Å². The molecule has 2 aliphatic heterocycles. The highest BCUT2D eigenvalue weighted by Gasteiger charge is 2.31. The molecule has 2 heterocycles. The molecule has 1 fully saturated rings. The summed E-state index contributed by atoms with van der Waals surface area (Å²) in [5, 5.41) is 1.37. The van der Waals surface area contributed by atoms with E-state index in [0.717, 1.165) is 47.9 Å². The third-order valence-electron chi connectivity index (χ3n) is 5.62. The van der Waals surface area contributed by atoms with Gasteiger partial charge in [0, 0.05) is 11.1 Å². The predicted octanol–water partition coefficient (Wildman–Crippen LogP) is 5.56. The lowest BCUT2D eigenvalue weighted by Gasteiger charge is -2.26. The lowest BCUT2D eigenvalue weighted by molar-refractivity contribution is 0.295. The van der Waals surface area contributed by atoms with Gasteiger partial charge in [-0.3, -0.25) is 0 Å². The van der Waals surface area contributed by atoms with Crippen molar-refractivity contribution in [3.8, 4) is 0 Å². The first-order valence-electron chi connectivity index (χ1n) is 9.67. The molecule has 0 spiro atoms. The zero-order valence-electron chi connectivity index (χ0n) is 15.3. The SMILES string of the molecule is Clc1cccc2c1/C(=N/[C@@H]1CCCC[C@H]1/N=C1\OCc3cccc(Cl)c31)OC2. The summed E-state index contributed by atoms with van der Waals surface area (Å²) in [7, 11) is 0. The van der Waals surface area contributed by atoms with Crippen LogP contribution in [0.5, 0.6) is 0 Å². The van der Waals surface area contributed by atoms with Crippen LogP contribution in [0.2, 0.25) is 10.0 Å². The Labute approximate surface area is 174 Å². The largest absolute Gasteiger partial charge is 0.473 e. The first-order chi connectivity index (χ1) is 13.7. The van der Waals surface area contributed by atoms with Crippen LogP contribution in [0.3, 0.4) is 0 Å². The average molecular weight is 415 g/mol. The molecule has 0 amide bonds. The molecule has 0 unspecified atom stereocenters. The van der Waals surface area contributed by atoms with Crippen LogP contribution in [0.15, 0.2) is 46.4 Å². The topological polar surface area (TPSA) is 43.2 Å². The molecule has 2 atom stereocenters. The molecular weight excluding hydrogens is 395 g/mol. The maximum absolute atomic E-state index is 6.41. The number of hydrogen-bond acceptors (Lipinski definition) is 4. The Morgan fingerprint density at radius 1 is 0.714 bits per heavy atom. The zero-order chi connectivity index (χ0) is 19.1. The second-order valence-corrected chi connectivity index (χ2v) is 8.23. The van der Waals surface area contributed by atoms with Gasteiger partial charge in [0.25, 0.3) is 0 Å². The molecule has 5 rings (SSSR count). The average Bonchev–Trinajstić information content (AvgIpc) is 3.29. The summed E-state index contributed by atoms with van der Waals surface area (Å²) >= 11 is 12.8. The van der Waals surface area contributed by atoms with Gasteiger partial charge >= 0.3 is 0 Å². The number of halogens is 2. The van der Waals surface area contributed by atoms with Crippen molar-refractivity contribution < 1.29 is 9.47 Å². The van der Waals surface area contributed by atoms with E-state index in [1.165, 1.54) is 0 Å². The molecule has 0 aromatic heterocycles. The number of nitrogens with zero attached hydrogens (tertiary/aromatic N) is 2. The maximum Gasteiger partial charge on any atom is 0.218 e. The molecule has 144 valence electrons. The van der Waals surface area contributed by atoms with Gasteiger partial charge in [0.15, 0.2) is 0 Å². The van der Waals surface area contributed by atoms with E-state index in [1.54, 1.807) is 0 Å². The third kappa shape index (κ3) is 3.19. The third-order valence-corrected chi connectivity index (χ3v) is 6.25. The first-order valence-corrected chi connectivity index (χ1v) is 10.4. The molecule has 28 heavy (non-hydrogen) atoms. The fourth-order valence-electron chi connectivity index (χ4n) is 4.19. The summed E-state index contributed by atoms with van der Waals surface area (Å²) in [5.41, 5.74) is 4.02. The second-order valence-electron chi connectivity index (χ2n) is 7.41. The van der Waals surface area contributed by atoms with Crippen molar-refractivity contribution in [1.29, 1.82) is 0 Å². The molecule has 4 nitrogen and oxygen atoms in total. The Balaban J connectivity index is 1.47. The fraction of sp³-hybridized carbons (Fsp3) is 0.364. The normalized spacial score (nSPS) is 26.1. The Morgan fingerprint density at radius 2 is 1.18 bits per heavy atom. The summed E-state index contributed by atoms with van der Waals surface area (Å²) in [6.07, 6.45) is 4.22. The van der Waals surface area contributed by atoms with Crippen LogP contribution in [-0.4, -0.2) is 23.9 Å². The Kier molecular flexibility index (Phi) is 4.77. The van der Waals surface area contributed by atoms with Crippen LogP contribution in [0.25, 0.3) is 0 Å². The number of fused-ring (bicyclic) bond motifs is 2. The monoisotopic (exact) mass is 414 g/mol. The molecule has 1 saturated carbocycles.